The fraction of sp³-hybridized carbons (Fsp3) is 0.941. The maximum atomic E-state index is 12.5. The van der Waals surface area contributed by atoms with E-state index < -0.39 is 0 Å². The molecule has 1 amide bonds. The van der Waals surface area contributed by atoms with Crippen LogP contribution in [0, 0.1) is 11.3 Å². The number of β-lactam (4-membered cyclic amide) rings is 1. The van der Waals surface area contributed by atoms with Gasteiger partial charge < -0.3 is 9.80 Å². The van der Waals surface area contributed by atoms with Gasteiger partial charge in [0.2, 0.25) is 5.91 Å². The van der Waals surface area contributed by atoms with Crippen LogP contribution in [0.25, 0.3) is 0 Å². The summed E-state index contributed by atoms with van der Waals surface area (Å²) < 4.78 is 0. The fourth-order valence-electron chi connectivity index (χ4n) is 4.52. The quantitative estimate of drug-likeness (QED) is 0.741. The van der Waals surface area contributed by atoms with Gasteiger partial charge in [0.1, 0.15) is 0 Å². The molecule has 2 heterocycles. The van der Waals surface area contributed by atoms with Gasteiger partial charge in [0, 0.05) is 25.7 Å². The lowest BCUT2D eigenvalue weighted by Crippen LogP contribution is -2.68. The summed E-state index contributed by atoms with van der Waals surface area (Å²) >= 11 is 0. The predicted octanol–water partition coefficient (Wildman–Crippen LogP) is 2.90. The Bertz CT molecular complexity index is 362. The molecule has 0 aromatic heterocycles. The van der Waals surface area contributed by atoms with Gasteiger partial charge in [-0.2, -0.15) is 0 Å². The monoisotopic (exact) mass is 278 g/mol. The minimum Gasteiger partial charge on any atom is -0.339 e. The van der Waals surface area contributed by atoms with E-state index in [4.69, 9.17) is 0 Å². The Morgan fingerprint density at radius 1 is 1.15 bits per heavy atom. The highest BCUT2D eigenvalue weighted by molar-refractivity contribution is 5.89. The van der Waals surface area contributed by atoms with Crippen LogP contribution in [0.3, 0.4) is 0 Å². The molecule has 3 heteroatoms. The molecule has 20 heavy (non-hydrogen) atoms. The van der Waals surface area contributed by atoms with Gasteiger partial charge in [-0.05, 0) is 52.0 Å². The molecule has 3 aliphatic rings. The van der Waals surface area contributed by atoms with Gasteiger partial charge in [-0.3, -0.25) is 4.79 Å². The van der Waals surface area contributed by atoms with Crippen LogP contribution in [-0.2, 0) is 4.79 Å². The second kappa shape index (κ2) is 5.67. The number of nitrogens with zero attached hydrogens (tertiary/aromatic N) is 2. The van der Waals surface area contributed by atoms with Crippen molar-refractivity contribution >= 4 is 5.91 Å². The molecule has 2 aliphatic heterocycles. The normalized spacial score (nSPS) is 33.0. The first-order chi connectivity index (χ1) is 9.61. The zero-order chi connectivity index (χ0) is 14.2. The van der Waals surface area contributed by atoms with Crippen molar-refractivity contribution in [2.45, 2.75) is 64.8 Å². The summed E-state index contributed by atoms with van der Waals surface area (Å²) in [4.78, 5) is 17.2. The van der Waals surface area contributed by atoms with Crippen molar-refractivity contribution in [2.75, 3.05) is 26.2 Å². The molecule has 0 radical (unpaired) electrons. The van der Waals surface area contributed by atoms with Gasteiger partial charge in [-0.25, -0.2) is 0 Å². The Kier molecular flexibility index (Phi) is 4.07. The van der Waals surface area contributed by atoms with Gasteiger partial charge in [-0.15, -0.1) is 0 Å². The maximum absolute atomic E-state index is 12.5. The molecule has 1 spiro atoms. The molecule has 1 saturated carbocycles. The number of rotatable bonds is 3. The average molecular weight is 278 g/mol. The van der Waals surface area contributed by atoms with Gasteiger partial charge >= 0.3 is 0 Å². The Morgan fingerprint density at radius 3 is 2.55 bits per heavy atom. The topological polar surface area (TPSA) is 23.6 Å². The van der Waals surface area contributed by atoms with Crippen LogP contribution in [0.4, 0.5) is 0 Å². The molecule has 3 rings (SSSR count). The van der Waals surface area contributed by atoms with Gasteiger partial charge in [0.15, 0.2) is 0 Å². The molecule has 1 atom stereocenters. The summed E-state index contributed by atoms with van der Waals surface area (Å²) in [6.07, 6.45) is 9.43. The van der Waals surface area contributed by atoms with Crippen LogP contribution >= 0.6 is 0 Å². The Morgan fingerprint density at radius 2 is 1.90 bits per heavy atom. The van der Waals surface area contributed by atoms with Gasteiger partial charge in [-0.1, -0.05) is 19.3 Å². The molecule has 3 nitrogen and oxygen atoms in total. The standard InChI is InChI=1S/C17H30N2O/c1-14(2)19-13-17(16(19)20)9-6-10-18(12-17)11-15-7-4-3-5-8-15/h14-15H,3-13H2,1-2H3/t17-/m0/s1. The molecule has 0 aromatic carbocycles. The third-order valence-electron chi connectivity index (χ3n) is 5.71. The highest BCUT2D eigenvalue weighted by atomic mass is 16.2. The van der Waals surface area contributed by atoms with Crippen molar-refractivity contribution in [3.05, 3.63) is 0 Å². The zero-order valence-corrected chi connectivity index (χ0v) is 13.2. The first-order valence-corrected chi connectivity index (χ1v) is 8.64. The zero-order valence-electron chi connectivity index (χ0n) is 13.2. The number of hydrogen-bond acceptors (Lipinski definition) is 2. The van der Waals surface area contributed by atoms with E-state index in [-0.39, 0.29) is 5.41 Å². The van der Waals surface area contributed by atoms with E-state index >= 15 is 0 Å². The number of likely N-dealkylation sites (tertiary alicyclic amines) is 2. The number of piperidine rings is 1. The van der Waals surface area contributed by atoms with E-state index in [1.165, 1.54) is 51.6 Å². The summed E-state index contributed by atoms with van der Waals surface area (Å²) in [5.74, 6) is 1.33. The van der Waals surface area contributed by atoms with Crippen molar-refractivity contribution < 1.29 is 4.79 Å². The van der Waals surface area contributed by atoms with Crippen LogP contribution in [-0.4, -0.2) is 47.9 Å². The van der Waals surface area contributed by atoms with E-state index in [2.05, 4.69) is 23.6 Å². The maximum Gasteiger partial charge on any atom is 0.232 e. The second-order valence-electron chi connectivity index (χ2n) is 7.65. The first-order valence-electron chi connectivity index (χ1n) is 8.64. The molecular formula is C17H30N2O. The molecular weight excluding hydrogens is 248 g/mol. The summed E-state index contributed by atoms with van der Waals surface area (Å²) in [5, 5.41) is 0. The van der Waals surface area contributed by atoms with E-state index in [1.54, 1.807) is 0 Å². The lowest BCUT2D eigenvalue weighted by Gasteiger charge is -2.55. The summed E-state index contributed by atoms with van der Waals surface area (Å²) in [7, 11) is 0. The fourth-order valence-corrected chi connectivity index (χ4v) is 4.52. The molecule has 0 bridgehead atoms. The van der Waals surface area contributed by atoms with Crippen molar-refractivity contribution in [3.8, 4) is 0 Å². The predicted molar refractivity (Wildman–Crippen MR) is 81.5 cm³/mol. The van der Waals surface area contributed by atoms with Crippen LogP contribution in [0.2, 0.25) is 0 Å². The Labute approximate surface area is 123 Å². The van der Waals surface area contributed by atoms with E-state index in [1.807, 2.05) is 0 Å². The summed E-state index contributed by atoms with van der Waals surface area (Å²) in [6.45, 7) is 8.76. The molecule has 0 aromatic rings. The first kappa shape index (κ1) is 14.4. The van der Waals surface area contributed by atoms with E-state index in [0.717, 1.165) is 25.4 Å². The highest BCUT2D eigenvalue weighted by Gasteiger charge is 2.54. The van der Waals surface area contributed by atoms with Crippen molar-refractivity contribution in [1.82, 2.24) is 9.80 Å². The second-order valence-corrected chi connectivity index (χ2v) is 7.65. The van der Waals surface area contributed by atoms with Crippen LogP contribution in [0.15, 0.2) is 0 Å². The summed E-state index contributed by atoms with van der Waals surface area (Å²) in [6, 6.07) is 0.377. The van der Waals surface area contributed by atoms with Crippen molar-refractivity contribution in [2.24, 2.45) is 11.3 Å². The Balaban J connectivity index is 1.56. The van der Waals surface area contributed by atoms with Crippen molar-refractivity contribution in [3.63, 3.8) is 0 Å². The lowest BCUT2D eigenvalue weighted by molar-refractivity contribution is -0.169. The molecule has 1 aliphatic carbocycles. The van der Waals surface area contributed by atoms with Gasteiger partial charge in [0.25, 0.3) is 0 Å². The number of amides is 1. The van der Waals surface area contributed by atoms with Gasteiger partial charge in [0.05, 0.1) is 5.41 Å². The minimum atomic E-state index is -0.00279. The molecule has 0 unspecified atom stereocenters. The Hall–Kier alpha value is -0.570. The molecule has 2 saturated heterocycles. The van der Waals surface area contributed by atoms with E-state index in [9.17, 15) is 4.79 Å². The SMILES string of the molecule is CC(C)N1C[C@@]2(CCCN(CC3CCCCC3)C2)C1=O. The van der Waals surface area contributed by atoms with Crippen LogP contribution < -0.4 is 0 Å². The number of carbonyl (C=O) groups excluding carboxylic acids is 1. The smallest absolute Gasteiger partial charge is 0.232 e. The number of carbonyl (C=O) groups is 1. The largest absolute Gasteiger partial charge is 0.339 e. The third kappa shape index (κ3) is 2.61. The van der Waals surface area contributed by atoms with Crippen LogP contribution in [0.1, 0.15) is 58.8 Å². The minimum absolute atomic E-state index is 0.00279. The molecule has 3 fully saturated rings. The lowest BCUT2D eigenvalue weighted by atomic mass is 9.71. The van der Waals surface area contributed by atoms with Crippen molar-refractivity contribution in [1.29, 1.82) is 0 Å². The number of hydrogen-bond donors (Lipinski definition) is 0. The van der Waals surface area contributed by atoms with E-state index in [0.29, 0.717) is 11.9 Å². The molecule has 0 N–H and O–H groups in total. The average Bonchev–Trinajstić information content (AvgIpc) is 2.46. The third-order valence-corrected chi connectivity index (χ3v) is 5.71. The highest BCUT2D eigenvalue weighted by Crippen LogP contribution is 2.41. The van der Waals surface area contributed by atoms with Crippen LogP contribution in [0.5, 0.6) is 0 Å². The molecule has 114 valence electrons. The summed E-state index contributed by atoms with van der Waals surface area (Å²) in [5.41, 5.74) is -0.00279.